The molecule has 0 aliphatic heterocycles. The Morgan fingerprint density at radius 3 is 2.57 bits per heavy atom. The normalized spacial score (nSPS) is 15.1. The van der Waals surface area contributed by atoms with Gasteiger partial charge in [-0.05, 0) is 23.5 Å². The second-order valence-electron chi connectivity index (χ2n) is 3.97. The molecule has 0 saturated heterocycles. The maximum Gasteiger partial charge on any atom is 0.212 e. The van der Waals surface area contributed by atoms with E-state index in [0.717, 1.165) is 5.56 Å². The molecule has 0 aliphatic rings. The maximum atomic E-state index is 12.6. The van der Waals surface area contributed by atoms with Crippen molar-refractivity contribution in [2.75, 3.05) is 0 Å². The monoisotopic (exact) mass is 195 g/mol. The molecule has 14 heavy (non-hydrogen) atoms. The van der Waals surface area contributed by atoms with E-state index in [-0.39, 0.29) is 0 Å². The highest BCUT2D eigenvalue weighted by atomic mass is 19.1. The Bertz CT molecular complexity index is 268. The molecule has 1 aromatic heterocycles. The predicted molar refractivity (Wildman–Crippen MR) is 56.7 cm³/mol. The van der Waals surface area contributed by atoms with Crippen LogP contribution in [0.2, 0.25) is 0 Å². The number of nitrogens with zero attached hydrogens (tertiary/aromatic N) is 1. The fraction of sp³-hybridized carbons (Fsp3) is 0.583. The molecule has 0 N–H and O–H groups in total. The summed E-state index contributed by atoms with van der Waals surface area (Å²) in [6, 6.07) is 3.27. The van der Waals surface area contributed by atoms with Crippen LogP contribution < -0.4 is 0 Å². The summed E-state index contributed by atoms with van der Waals surface area (Å²) in [5, 5.41) is 0. The second-order valence-corrected chi connectivity index (χ2v) is 3.97. The molecular weight excluding hydrogens is 177 g/mol. The van der Waals surface area contributed by atoms with E-state index in [4.69, 9.17) is 0 Å². The lowest BCUT2D eigenvalue weighted by Gasteiger charge is -2.19. The molecule has 1 rings (SSSR count). The van der Waals surface area contributed by atoms with Gasteiger partial charge in [0, 0.05) is 6.20 Å². The first-order chi connectivity index (χ1) is 6.65. The quantitative estimate of drug-likeness (QED) is 0.666. The highest BCUT2D eigenvalue weighted by molar-refractivity contribution is 5.14. The molecule has 0 radical (unpaired) electrons. The van der Waals surface area contributed by atoms with Gasteiger partial charge < -0.3 is 0 Å². The topological polar surface area (TPSA) is 12.9 Å². The molecule has 0 spiro atoms. The lowest BCUT2D eigenvalue weighted by atomic mass is 9.87. The van der Waals surface area contributed by atoms with E-state index >= 15 is 0 Å². The summed E-state index contributed by atoms with van der Waals surface area (Å²) < 4.78 is 12.6. The van der Waals surface area contributed by atoms with Gasteiger partial charge in [0.15, 0.2) is 0 Å². The highest BCUT2D eigenvalue weighted by Crippen LogP contribution is 2.26. The molecule has 2 unspecified atom stereocenters. The van der Waals surface area contributed by atoms with Crippen molar-refractivity contribution in [1.29, 1.82) is 0 Å². The fourth-order valence-corrected chi connectivity index (χ4v) is 1.69. The van der Waals surface area contributed by atoms with E-state index in [2.05, 4.69) is 25.8 Å². The zero-order chi connectivity index (χ0) is 10.6. The molecule has 78 valence electrons. The average Bonchev–Trinajstić information content (AvgIpc) is 2.18. The lowest BCUT2D eigenvalue weighted by Crippen LogP contribution is -2.06. The highest BCUT2D eigenvalue weighted by Gasteiger charge is 2.13. The van der Waals surface area contributed by atoms with Gasteiger partial charge in [0.05, 0.1) is 0 Å². The van der Waals surface area contributed by atoms with Gasteiger partial charge in [-0.25, -0.2) is 4.98 Å². The van der Waals surface area contributed by atoms with Crippen LogP contribution in [-0.2, 0) is 0 Å². The summed E-state index contributed by atoms with van der Waals surface area (Å²) >= 11 is 0. The van der Waals surface area contributed by atoms with E-state index in [1.54, 1.807) is 6.20 Å². The molecule has 0 saturated carbocycles. The first-order valence-corrected chi connectivity index (χ1v) is 5.26. The number of halogens is 1. The van der Waals surface area contributed by atoms with Crippen LogP contribution in [0.1, 0.15) is 45.1 Å². The fourth-order valence-electron chi connectivity index (χ4n) is 1.69. The van der Waals surface area contributed by atoms with Crippen LogP contribution in [0.5, 0.6) is 0 Å². The Morgan fingerprint density at radius 2 is 2.07 bits per heavy atom. The summed E-state index contributed by atoms with van der Waals surface area (Å²) in [4.78, 5) is 3.68. The van der Waals surface area contributed by atoms with Gasteiger partial charge >= 0.3 is 0 Å². The van der Waals surface area contributed by atoms with Crippen molar-refractivity contribution in [1.82, 2.24) is 4.98 Å². The van der Waals surface area contributed by atoms with Gasteiger partial charge in [-0.1, -0.05) is 39.7 Å². The van der Waals surface area contributed by atoms with Crippen molar-refractivity contribution in [3.8, 4) is 0 Å². The Labute approximate surface area is 85.4 Å². The maximum absolute atomic E-state index is 12.6. The minimum atomic E-state index is -0.399. The molecule has 1 heterocycles. The van der Waals surface area contributed by atoms with Crippen LogP contribution in [0.25, 0.3) is 0 Å². The van der Waals surface area contributed by atoms with E-state index in [1.165, 1.54) is 18.9 Å². The van der Waals surface area contributed by atoms with Crippen LogP contribution in [0.15, 0.2) is 18.3 Å². The van der Waals surface area contributed by atoms with Gasteiger partial charge in [-0.3, -0.25) is 0 Å². The smallest absolute Gasteiger partial charge is 0.212 e. The first-order valence-electron chi connectivity index (χ1n) is 5.26. The summed E-state index contributed by atoms with van der Waals surface area (Å²) in [7, 11) is 0. The van der Waals surface area contributed by atoms with Crippen LogP contribution >= 0.6 is 0 Å². The van der Waals surface area contributed by atoms with E-state index in [0.29, 0.717) is 11.8 Å². The SMILES string of the molecule is CCCC(C)C(C)c1ccc(F)nc1. The van der Waals surface area contributed by atoms with E-state index < -0.39 is 5.95 Å². The summed E-state index contributed by atoms with van der Waals surface area (Å²) in [6.07, 6.45) is 4.05. The van der Waals surface area contributed by atoms with Crippen molar-refractivity contribution in [3.63, 3.8) is 0 Å². The molecule has 0 aliphatic carbocycles. The molecule has 0 amide bonds. The molecule has 0 fully saturated rings. The third kappa shape index (κ3) is 2.79. The molecule has 1 aromatic rings. The number of rotatable bonds is 4. The largest absolute Gasteiger partial charge is 0.228 e. The number of aromatic nitrogens is 1. The van der Waals surface area contributed by atoms with Crippen molar-refractivity contribution < 1.29 is 4.39 Å². The molecule has 2 heteroatoms. The van der Waals surface area contributed by atoms with Gasteiger partial charge in [-0.15, -0.1) is 0 Å². The Hall–Kier alpha value is -0.920. The zero-order valence-electron chi connectivity index (χ0n) is 9.13. The van der Waals surface area contributed by atoms with Crippen molar-refractivity contribution in [2.24, 2.45) is 5.92 Å². The summed E-state index contributed by atoms with van der Waals surface area (Å²) in [5.74, 6) is 0.694. The second kappa shape index (κ2) is 5.08. The molecular formula is C12H18FN. The third-order valence-corrected chi connectivity index (χ3v) is 2.87. The third-order valence-electron chi connectivity index (χ3n) is 2.87. The summed E-state index contributed by atoms with van der Waals surface area (Å²) in [6.45, 7) is 6.60. The summed E-state index contributed by atoms with van der Waals surface area (Å²) in [5.41, 5.74) is 1.13. The zero-order valence-corrected chi connectivity index (χ0v) is 9.13. The number of pyridine rings is 1. The molecule has 2 atom stereocenters. The minimum Gasteiger partial charge on any atom is -0.228 e. The standard InChI is InChI=1S/C12H18FN/c1-4-5-9(2)10(3)11-6-7-12(13)14-8-11/h6-10H,4-5H2,1-3H3. The molecule has 0 bridgehead atoms. The van der Waals surface area contributed by atoms with E-state index in [1.807, 2.05) is 6.07 Å². The average molecular weight is 195 g/mol. The Morgan fingerprint density at radius 1 is 1.36 bits per heavy atom. The van der Waals surface area contributed by atoms with Crippen molar-refractivity contribution in [3.05, 3.63) is 29.8 Å². The van der Waals surface area contributed by atoms with Crippen molar-refractivity contribution >= 4 is 0 Å². The van der Waals surface area contributed by atoms with Gasteiger partial charge in [-0.2, -0.15) is 4.39 Å². The van der Waals surface area contributed by atoms with Crippen LogP contribution in [0, 0.1) is 11.9 Å². The number of hydrogen-bond acceptors (Lipinski definition) is 1. The number of hydrogen-bond donors (Lipinski definition) is 0. The molecule has 0 aromatic carbocycles. The van der Waals surface area contributed by atoms with Gasteiger partial charge in [0.1, 0.15) is 0 Å². The lowest BCUT2D eigenvalue weighted by molar-refractivity contribution is 0.446. The van der Waals surface area contributed by atoms with Crippen molar-refractivity contribution in [2.45, 2.75) is 39.5 Å². The van der Waals surface area contributed by atoms with E-state index in [9.17, 15) is 4.39 Å². The van der Waals surface area contributed by atoms with Crippen LogP contribution in [0.4, 0.5) is 4.39 Å². The van der Waals surface area contributed by atoms with Gasteiger partial charge in [0.2, 0.25) is 5.95 Å². The predicted octanol–water partition coefficient (Wildman–Crippen LogP) is 3.76. The van der Waals surface area contributed by atoms with Crippen LogP contribution in [-0.4, -0.2) is 4.98 Å². The van der Waals surface area contributed by atoms with Gasteiger partial charge in [0.25, 0.3) is 0 Å². The minimum absolute atomic E-state index is 0.399. The van der Waals surface area contributed by atoms with Crippen LogP contribution in [0.3, 0.4) is 0 Å². The molecule has 1 nitrogen and oxygen atoms in total. The Balaban J connectivity index is 2.68. The Kier molecular flexibility index (Phi) is 4.05. The first kappa shape index (κ1) is 11.2.